The smallest absolute Gasteiger partial charge is 0.184 e. The first-order valence-electron chi connectivity index (χ1n) is 5.71. The normalized spacial score (nSPS) is 11.3. The molecule has 1 N–H and O–H groups in total. The van der Waals surface area contributed by atoms with E-state index in [1.807, 2.05) is 6.92 Å². The summed E-state index contributed by atoms with van der Waals surface area (Å²) < 4.78 is 19.3. The Hall–Kier alpha value is -1.06. The van der Waals surface area contributed by atoms with Gasteiger partial charge in [0.25, 0.3) is 0 Å². The summed E-state index contributed by atoms with van der Waals surface area (Å²) in [6.45, 7) is 5.56. The molecular formula is C13H15ClFNO. The molecule has 1 heterocycles. The lowest BCUT2D eigenvalue weighted by atomic mass is 10.1. The van der Waals surface area contributed by atoms with Crippen LogP contribution < -0.4 is 5.32 Å². The van der Waals surface area contributed by atoms with Gasteiger partial charge in [0.1, 0.15) is 5.76 Å². The lowest BCUT2D eigenvalue weighted by Gasteiger charge is -2.00. The molecule has 0 spiro atoms. The van der Waals surface area contributed by atoms with E-state index in [2.05, 4.69) is 12.2 Å². The second-order valence-electron chi connectivity index (χ2n) is 4.07. The van der Waals surface area contributed by atoms with E-state index in [-0.39, 0.29) is 10.6 Å². The van der Waals surface area contributed by atoms with Gasteiger partial charge in [-0.1, -0.05) is 18.5 Å². The molecular weight excluding hydrogens is 241 g/mol. The van der Waals surface area contributed by atoms with E-state index in [1.165, 1.54) is 0 Å². The minimum Gasteiger partial charge on any atom is -0.456 e. The molecule has 4 heteroatoms. The van der Waals surface area contributed by atoms with Crippen molar-refractivity contribution in [2.75, 3.05) is 6.54 Å². The third kappa shape index (κ3) is 2.31. The van der Waals surface area contributed by atoms with Crippen LogP contribution in [-0.2, 0) is 6.54 Å². The average molecular weight is 256 g/mol. The molecule has 1 aromatic carbocycles. The largest absolute Gasteiger partial charge is 0.456 e. The van der Waals surface area contributed by atoms with Gasteiger partial charge in [0.2, 0.25) is 0 Å². The number of halogens is 2. The zero-order valence-electron chi connectivity index (χ0n) is 9.94. The molecule has 0 aliphatic rings. The second-order valence-corrected chi connectivity index (χ2v) is 4.47. The van der Waals surface area contributed by atoms with Crippen LogP contribution in [0.4, 0.5) is 4.39 Å². The van der Waals surface area contributed by atoms with Crippen molar-refractivity contribution in [1.82, 2.24) is 5.32 Å². The molecule has 92 valence electrons. The number of nitrogens with one attached hydrogen (secondary N) is 1. The molecule has 0 unspecified atom stereocenters. The van der Waals surface area contributed by atoms with E-state index in [4.69, 9.17) is 16.0 Å². The molecule has 2 rings (SSSR count). The van der Waals surface area contributed by atoms with Crippen molar-refractivity contribution in [3.05, 3.63) is 34.3 Å². The van der Waals surface area contributed by atoms with Gasteiger partial charge in [-0.2, -0.15) is 0 Å². The average Bonchev–Trinajstić information content (AvgIpc) is 2.63. The fourth-order valence-corrected chi connectivity index (χ4v) is 1.97. The summed E-state index contributed by atoms with van der Waals surface area (Å²) in [5.74, 6) is 0.295. The first-order valence-corrected chi connectivity index (χ1v) is 6.09. The lowest BCUT2D eigenvalue weighted by molar-refractivity contribution is 0.492. The van der Waals surface area contributed by atoms with Crippen LogP contribution in [0.25, 0.3) is 11.0 Å². The summed E-state index contributed by atoms with van der Waals surface area (Å²) >= 11 is 5.73. The van der Waals surface area contributed by atoms with Gasteiger partial charge >= 0.3 is 0 Å². The van der Waals surface area contributed by atoms with Crippen LogP contribution in [0, 0.1) is 12.7 Å². The van der Waals surface area contributed by atoms with E-state index < -0.39 is 5.82 Å². The number of aryl methyl sites for hydroxylation is 1. The standard InChI is InChI=1S/C13H15ClFNO/c1-3-6-16-7-11-8(2)9-4-5-10(14)12(15)13(9)17-11/h4-5,16H,3,6-7H2,1-2H3. The maximum absolute atomic E-state index is 13.7. The summed E-state index contributed by atoms with van der Waals surface area (Å²) in [4.78, 5) is 0. The topological polar surface area (TPSA) is 25.2 Å². The first kappa shape index (κ1) is 12.4. The molecule has 0 radical (unpaired) electrons. The minimum atomic E-state index is -0.478. The number of hydrogen-bond donors (Lipinski definition) is 1. The molecule has 2 nitrogen and oxygen atoms in total. The molecule has 2 aromatic rings. The van der Waals surface area contributed by atoms with Crippen molar-refractivity contribution in [3.8, 4) is 0 Å². The molecule has 0 aliphatic heterocycles. The van der Waals surface area contributed by atoms with Gasteiger partial charge in [-0.15, -0.1) is 0 Å². The van der Waals surface area contributed by atoms with Gasteiger partial charge in [0, 0.05) is 5.39 Å². The highest BCUT2D eigenvalue weighted by Crippen LogP contribution is 2.30. The van der Waals surface area contributed by atoms with Crippen molar-refractivity contribution in [3.63, 3.8) is 0 Å². The maximum atomic E-state index is 13.7. The van der Waals surface area contributed by atoms with Gasteiger partial charge in [-0.3, -0.25) is 0 Å². The molecule has 0 bridgehead atoms. The quantitative estimate of drug-likeness (QED) is 0.835. The predicted molar refractivity (Wildman–Crippen MR) is 67.9 cm³/mol. The van der Waals surface area contributed by atoms with Crippen molar-refractivity contribution in [2.24, 2.45) is 0 Å². The highest BCUT2D eigenvalue weighted by atomic mass is 35.5. The van der Waals surface area contributed by atoms with Crippen molar-refractivity contribution in [1.29, 1.82) is 0 Å². The van der Waals surface area contributed by atoms with E-state index in [1.54, 1.807) is 12.1 Å². The number of hydrogen-bond acceptors (Lipinski definition) is 2. The van der Waals surface area contributed by atoms with Crippen LogP contribution in [0.5, 0.6) is 0 Å². The van der Waals surface area contributed by atoms with Crippen LogP contribution in [0.2, 0.25) is 5.02 Å². The Balaban J connectivity index is 2.39. The number of benzene rings is 1. The third-order valence-electron chi connectivity index (χ3n) is 2.81. The molecule has 0 saturated heterocycles. The van der Waals surface area contributed by atoms with Crippen LogP contribution in [-0.4, -0.2) is 6.54 Å². The summed E-state index contributed by atoms with van der Waals surface area (Å²) in [5.41, 5.74) is 1.22. The second kappa shape index (κ2) is 5.07. The van der Waals surface area contributed by atoms with Crippen LogP contribution >= 0.6 is 11.6 Å². The van der Waals surface area contributed by atoms with Crippen LogP contribution in [0.1, 0.15) is 24.7 Å². The van der Waals surface area contributed by atoms with Gasteiger partial charge in [0.15, 0.2) is 11.4 Å². The molecule has 0 fully saturated rings. The highest BCUT2D eigenvalue weighted by molar-refractivity contribution is 6.31. The Kier molecular flexibility index (Phi) is 3.69. The lowest BCUT2D eigenvalue weighted by Crippen LogP contribution is -2.13. The molecule has 1 aromatic heterocycles. The summed E-state index contributed by atoms with van der Waals surface area (Å²) in [6.07, 6.45) is 1.06. The first-order chi connectivity index (χ1) is 8.15. The monoisotopic (exact) mass is 255 g/mol. The van der Waals surface area contributed by atoms with Gasteiger partial charge < -0.3 is 9.73 Å². The molecule has 17 heavy (non-hydrogen) atoms. The Bertz CT molecular complexity index is 536. The number of fused-ring (bicyclic) bond motifs is 1. The number of rotatable bonds is 4. The molecule has 0 aliphatic carbocycles. The number of furan rings is 1. The predicted octanol–water partition coefficient (Wildman–Crippen LogP) is 4.03. The van der Waals surface area contributed by atoms with E-state index in [0.29, 0.717) is 6.54 Å². The van der Waals surface area contributed by atoms with E-state index >= 15 is 0 Å². The summed E-state index contributed by atoms with van der Waals surface area (Å²) in [5, 5.41) is 4.13. The molecule has 0 amide bonds. The zero-order valence-corrected chi connectivity index (χ0v) is 10.7. The Morgan fingerprint density at radius 1 is 1.41 bits per heavy atom. The van der Waals surface area contributed by atoms with Gasteiger partial charge in [0.05, 0.1) is 11.6 Å². The van der Waals surface area contributed by atoms with Crippen LogP contribution in [0.15, 0.2) is 16.5 Å². The van der Waals surface area contributed by atoms with E-state index in [9.17, 15) is 4.39 Å². The third-order valence-corrected chi connectivity index (χ3v) is 3.10. The van der Waals surface area contributed by atoms with E-state index in [0.717, 1.165) is 29.7 Å². The van der Waals surface area contributed by atoms with Crippen molar-refractivity contribution in [2.45, 2.75) is 26.8 Å². The minimum absolute atomic E-state index is 0.0966. The van der Waals surface area contributed by atoms with Gasteiger partial charge in [-0.25, -0.2) is 4.39 Å². The Labute approximate surface area is 105 Å². The van der Waals surface area contributed by atoms with Gasteiger partial charge in [-0.05, 0) is 37.6 Å². The maximum Gasteiger partial charge on any atom is 0.184 e. The summed E-state index contributed by atoms with van der Waals surface area (Å²) in [6, 6.07) is 3.36. The summed E-state index contributed by atoms with van der Waals surface area (Å²) in [7, 11) is 0. The Morgan fingerprint density at radius 3 is 2.88 bits per heavy atom. The fraction of sp³-hybridized carbons (Fsp3) is 0.385. The molecule has 0 atom stereocenters. The van der Waals surface area contributed by atoms with Crippen molar-refractivity contribution < 1.29 is 8.81 Å². The Morgan fingerprint density at radius 2 is 2.18 bits per heavy atom. The highest BCUT2D eigenvalue weighted by Gasteiger charge is 2.15. The SMILES string of the molecule is CCCNCc1oc2c(F)c(Cl)ccc2c1C. The fourth-order valence-electron chi connectivity index (χ4n) is 1.82. The molecule has 0 saturated carbocycles. The van der Waals surface area contributed by atoms with Crippen molar-refractivity contribution >= 4 is 22.6 Å². The zero-order chi connectivity index (χ0) is 12.4. The van der Waals surface area contributed by atoms with Crippen LogP contribution in [0.3, 0.4) is 0 Å².